The standard InChI is InChI=1S/C9H10ClNO4S/c1-11(2)7-4-3-6(9(12)13)5-8(7)16(10,14)15/h3-5H,1-2H3,(H,12,13). The van der Waals surface area contributed by atoms with Crippen molar-refractivity contribution in [2.45, 2.75) is 4.90 Å². The molecule has 1 aromatic rings. The second-order valence-electron chi connectivity index (χ2n) is 3.32. The fourth-order valence-electron chi connectivity index (χ4n) is 1.21. The highest BCUT2D eigenvalue weighted by molar-refractivity contribution is 8.13. The Morgan fingerprint density at radius 3 is 2.31 bits per heavy atom. The summed E-state index contributed by atoms with van der Waals surface area (Å²) in [4.78, 5) is 12.0. The van der Waals surface area contributed by atoms with Crippen LogP contribution in [0.25, 0.3) is 0 Å². The average Bonchev–Trinajstić information content (AvgIpc) is 2.15. The normalized spacial score (nSPS) is 11.2. The van der Waals surface area contributed by atoms with E-state index in [1.165, 1.54) is 12.1 Å². The van der Waals surface area contributed by atoms with Crippen LogP contribution in [0.3, 0.4) is 0 Å². The number of carboxylic acid groups (broad SMARTS) is 1. The molecule has 1 aromatic carbocycles. The van der Waals surface area contributed by atoms with Gasteiger partial charge in [0.2, 0.25) is 0 Å². The molecule has 0 radical (unpaired) electrons. The number of benzene rings is 1. The van der Waals surface area contributed by atoms with E-state index < -0.39 is 15.0 Å². The molecule has 0 amide bonds. The first-order valence-electron chi connectivity index (χ1n) is 4.23. The van der Waals surface area contributed by atoms with Gasteiger partial charge >= 0.3 is 5.97 Å². The summed E-state index contributed by atoms with van der Waals surface area (Å²) in [5.74, 6) is -1.20. The molecule has 0 saturated carbocycles. The molecule has 5 nitrogen and oxygen atoms in total. The van der Waals surface area contributed by atoms with Gasteiger partial charge in [0.25, 0.3) is 9.05 Å². The summed E-state index contributed by atoms with van der Waals surface area (Å²) in [6, 6.07) is 3.77. The van der Waals surface area contributed by atoms with Crippen LogP contribution in [0.2, 0.25) is 0 Å². The zero-order chi connectivity index (χ0) is 12.5. The van der Waals surface area contributed by atoms with Gasteiger partial charge in [0.1, 0.15) is 4.90 Å². The van der Waals surface area contributed by atoms with Gasteiger partial charge in [-0.1, -0.05) is 0 Å². The van der Waals surface area contributed by atoms with Crippen molar-refractivity contribution in [1.29, 1.82) is 0 Å². The van der Waals surface area contributed by atoms with Crippen LogP contribution in [0.4, 0.5) is 5.69 Å². The highest BCUT2D eigenvalue weighted by Crippen LogP contribution is 2.27. The van der Waals surface area contributed by atoms with Crippen LogP contribution in [-0.4, -0.2) is 33.6 Å². The maximum absolute atomic E-state index is 11.3. The number of rotatable bonds is 3. The number of anilines is 1. The van der Waals surface area contributed by atoms with Gasteiger partial charge in [0.05, 0.1) is 11.3 Å². The van der Waals surface area contributed by atoms with Gasteiger partial charge in [-0.05, 0) is 18.2 Å². The Morgan fingerprint density at radius 1 is 1.38 bits per heavy atom. The summed E-state index contributed by atoms with van der Waals surface area (Å²) in [6.07, 6.45) is 0. The minimum atomic E-state index is -3.97. The van der Waals surface area contributed by atoms with Crippen LogP contribution in [0.5, 0.6) is 0 Å². The van der Waals surface area contributed by atoms with Crippen LogP contribution in [0.15, 0.2) is 23.1 Å². The predicted molar refractivity (Wildman–Crippen MR) is 60.8 cm³/mol. The SMILES string of the molecule is CN(C)c1ccc(C(=O)O)cc1S(=O)(=O)Cl. The molecule has 0 spiro atoms. The topological polar surface area (TPSA) is 74.7 Å². The Hall–Kier alpha value is -1.27. The fraction of sp³-hybridized carbons (Fsp3) is 0.222. The van der Waals surface area contributed by atoms with E-state index in [0.717, 1.165) is 6.07 Å². The van der Waals surface area contributed by atoms with Gasteiger partial charge in [0.15, 0.2) is 0 Å². The number of carbonyl (C=O) groups is 1. The van der Waals surface area contributed by atoms with Crippen molar-refractivity contribution in [2.24, 2.45) is 0 Å². The van der Waals surface area contributed by atoms with Crippen molar-refractivity contribution >= 4 is 31.4 Å². The van der Waals surface area contributed by atoms with Gasteiger partial charge < -0.3 is 10.0 Å². The van der Waals surface area contributed by atoms with Crippen LogP contribution in [0, 0.1) is 0 Å². The van der Waals surface area contributed by atoms with Crippen LogP contribution in [-0.2, 0) is 9.05 Å². The van der Waals surface area contributed by atoms with Crippen molar-refractivity contribution < 1.29 is 18.3 Å². The molecule has 0 aliphatic carbocycles. The van der Waals surface area contributed by atoms with Crippen molar-refractivity contribution in [2.75, 3.05) is 19.0 Å². The Bertz CT molecular complexity index is 524. The van der Waals surface area contributed by atoms with Gasteiger partial charge in [-0.3, -0.25) is 0 Å². The first-order valence-corrected chi connectivity index (χ1v) is 6.53. The maximum Gasteiger partial charge on any atom is 0.335 e. The molecule has 0 aromatic heterocycles. The molecule has 7 heteroatoms. The summed E-state index contributed by atoms with van der Waals surface area (Å²) in [7, 11) is 4.55. The number of carboxylic acids is 1. The minimum absolute atomic E-state index is 0.121. The quantitative estimate of drug-likeness (QED) is 0.834. The van der Waals surface area contributed by atoms with Crippen LogP contribution < -0.4 is 4.90 Å². The van der Waals surface area contributed by atoms with E-state index in [1.54, 1.807) is 19.0 Å². The van der Waals surface area contributed by atoms with Crippen molar-refractivity contribution in [3.63, 3.8) is 0 Å². The van der Waals surface area contributed by atoms with Gasteiger partial charge in [-0.2, -0.15) is 0 Å². The second-order valence-corrected chi connectivity index (χ2v) is 5.85. The fourth-order valence-corrected chi connectivity index (χ4v) is 2.35. The number of halogens is 1. The molecule has 1 N–H and O–H groups in total. The maximum atomic E-state index is 11.3. The van der Waals surface area contributed by atoms with E-state index in [1.807, 2.05) is 0 Å². The third-order valence-corrected chi connectivity index (χ3v) is 3.30. The molecule has 0 heterocycles. The van der Waals surface area contributed by atoms with Gasteiger partial charge in [-0.25, -0.2) is 13.2 Å². The number of hydrogen-bond acceptors (Lipinski definition) is 4. The molecule has 0 saturated heterocycles. The second kappa shape index (κ2) is 4.31. The molecule has 88 valence electrons. The lowest BCUT2D eigenvalue weighted by atomic mass is 10.2. The lowest BCUT2D eigenvalue weighted by Gasteiger charge is -2.15. The summed E-state index contributed by atoms with van der Waals surface area (Å²) >= 11 is 0. The molecular formula is C9H10ClNO4S. The first-order chi connectivity index (χ1) is 7.23. The Balaban J connectivity index is 3.51. The van der Waals surface area contributed by atoms with E-state index in [4.69, 9.17) is 15.8 Å². The molecule has 1 rings (SSSR count). The third kappa shape index (κ3) is 2.65. The average molecular weight is 264 g/mol. The third-order valence-electron chi connectivity index (χ3n) is 1.95. The number of nitrogens with zero attached hydrogens (tertiary/aromatic N) is 1. The summed E-state index contributed by atoms with van der Waals surface area (Å²) in [5.41, 5.74) is 0.227. The highest BCUT2D eigenvalue weighted by atomic mass is 35.7. The van der Waals surface area contributed by atoms with Crippen molar-refractivity contribution in [1.82, 2.24) is 0 Å². The lowest BCUT2D eigenvalue weighted by molar-refractivity contribution is 0.0696. The van der Waals surface area contributed by atoms with E-state index in [9.17, 15) is 13.2 Å². The van der Waals surface area contributed by atoms with E-state index in [2.05, 4.69) is 0 Å². The van der Waals surface area contributed by atoms with Crippen LogP contribution in [0.1, 0.15) is 10.4 Å². The predicted octanol–water partition coefficient (Wildman–Crippen LogP) is 1.38. The zero-order valence-electron chi connectivity index (χ0n) is 8.64. The molecule has 0 aliphatic rings. The molecule has 16 heavy (non-hydrogen) atoms. The monoisotopic (exact) mass is 263 g/mol. The summed E-state index contributed by atoms with van der Waals surface area (Å²) in [6.45, 7) is 0. The van der Waals surface area contributed by atoms with Crippen molar-refractivity contribution in [3.8, 4) is 0 Å². The van der Waals surface area contributed by atoms with Gasteiger partial charge in [0, 0.05) is 24.8 Å². The molecule has 0 aliphatic heterocycles. The molecule has 0 bridgehead atoms. The largest absolute Gasteiger partial charge is 0.478 e. The van der Waals surface area contributed by atoms with Gasteiger partial charge in [-0.15, -0.1) is 0 Å². The van der Waals surface area contributed by atoms with E-state index in [-0.39, 0.29) is 10.5 Å². The lowest BCUT2D eigenvalue weighted by Crippen LogP contribution is -2.13. The molecule has 0 fully saturated rings. The Kier molecular flexibility index (Phi) is 3.44. The summed E-state index contributed by atoms with van der Waals surface area (Å²) in [5, 5.41) is 8.75. The minimum Gasteiger partial charge on any atom is -0.478 e. The summed E-state index contributed by atoms with van der Waals surface area (Å²) < 4.78 is 22.6. The van der Waals surface area contributed by atoms with Crippen LogP contribution >= 0.6 is 10.7 Å². The molecular weight excluding hydrogens is 254 g/mol. The molecule has 0 atom stereocenters. The molecule has 0 unspecified atom stereocenters. The smallest absolute Gasteiger partial charge is 0.335 e. The first kappa shape index (κ1) is 12.8. The van der Waals surface area contributed by atoms with E-state index in [0.29, 0.717) is 5.69 Å². The van der Waals surface area contributed by atoms with Crippen molar-refractivity contribution in [3.05, 3.63) is 23.8 Å². The van der Waals surface area contributed by atoms with E-state index >= 15 is 0 Å². The number of hydrogen-bond donors (Lipinski definition) is 1. The number of aromatic carboxylic acids is 1. The zero-order valence-corrected chi connectivity index (χ0v) is 10.2. The Labute approximate surface area is 97.7 Å². The Morgan fingerprint density at radius 2 is 1.94 bits per heavy atom. The highest BCUT2D eigenvalue weighted by Gasteiger charge is 2.19.